The number of benzene rings is 1. The Balaban J connectivity index is 1.27. The molecule has 0 unspecified atom stereocenters. The van der Waals surface area contributed by atoms with Gasteiger partial charge in [-0.1, -0.05) is 11.6 Å². The van der Waals surface area contributed by atoms with E-state index in [9.17, 15) is 13.2 Å². The van der Waals surface area contributed by atoms with E-state index in [4.69, 9.17) is 11.6 Å². The van der Waals surface area contributed by atoms with Crippen LogP contribution in [0.2, 0.25) is 5.02 Å². The molecule has 1 aliphatic carbocycles. The van der Waals surface area contributed by atoms with E-state index in [1.165, 1.54) is 18.7 Å². The van der Waals surface area contributed by atoms with Gasteiger partial charge in [0.15, 0.2) is 5.82 Å². The average Bonchev–Trinajstić information content (AvgIpc) is 3.06. The fraction of sp³-hybridized carbons (Fsp3) is 0.520. The smallest absolute Gasteiger partial charge is 0.340 e. The molecule has 3 aliphatic rings. The molecule has 0 atom stereocenters. The van der Waals surface area contributed by atoms with Crippen LogP contribution in [0.5, 0.6) is 0 Å². The van der Waals surface area contributed by atoms with Crippen molar-refractivity contribution in [3.63, 3.8) is 0 Å². The number of hydrogen-bond acceptors (Lipinski definition) is 6. The van der Waals surface area contributed by atoms with Crippen LogP contribution in [0.1, 0.15) is 55.5 Å². The molecule has 1 spiro atoms. The second-order valence-electron chi connectivity index (χ2n) is 11.0. The minimum absolute atomic E-state index is 0.0438. The zero-order valence-corrected chi connectivity index (χ0v) is 21.1. The van der Waals surface area contributed by atoms with Crippen LogP contribution in [-0.4, -0.2) is 54.4 Å². The van der Waals surface area contributed by atoms with Crippen molar-refractivity contribution in [1.29, 1.82) is 0 Å². The van der Waals surface area contributed by atoms with Gasteiger partial charge >= 0.3 is 6.18 Å². The number of hydrogen-bond donors (Lipinski definition) is 0. The normalized spacial score (nSPS) is 19.9. The first-order chi connectivity index (χ1) is 17.0. The zero-order valence-electron chi connectivity index (χ0n) is 20.3. The number of rotatable bonds is 3. The zero-order chi connectivity index (χ0) is 25.5. The first-order valence-electron chi connectivity index (χ1n) is 12.1. The van der Waals surface area contributed by atoms with Gasteiger partial charge in [-0.2, -0.15) is 13.2 Å². The Morgan fingerprint density at radius 3 is 2.50 bits per heavy atom. The van der Waals surface area contributed by atoms with E-state index in [-0.39, 0.29) is 24.4 Å². The van der Waals surface area contributed by atoms with Crippen LogP contribution in [-0.2, 0) is 13.1 Å². The number of aryl methyl sites for hydroxylation is 1. The highest BCUT2D eigenvalue weighted by Gasteiger charge is 2.55. The van der Waals surface area contributed by atoms with Crippen molar-refractivity contribution < 1.29 is 13.2 Å². The Kier molecular flexibility index (Phi) is 5.18. The predicted octanol–water partition coefficient (Wildman–Crippen LogP) is 5.06. The molecule has 2 fully saturated rings. The summed E-state index contributed by atoms with van der Waals surface area (Å²) in [7, 11) is 0. The Hall–Kier alpha value is -2.72. The second kappa shape index (κ2) is 7.89. The van der Waals surface area contributed by atoms with Gasteiger partial charge in [-0.05, 0) is 63.4 Å². The van der Waals surface area contributed by atoms with Crippen LogP contribution in [0, 0.1) is 12.3 Å². The molecule has 6 rings (SSSR count). The molecule has 190 valence electrons. The summed E-state index contributed by atoms with van der Waals surface area (Å²) < 4.78 is 43.9. The summed E-state index contributed by atoms with van der Waals surface area (Å²) in [6, 6.07) is 7.28. The van der Waals surface area contributed by atoms with Crippen LogP contribution in [0.25, 0.3) is 5.69 Å². The third kappa shape index (κ3) is 3.68. The van der Waals surface area contributed by atoms with E-state index in [1.54, 1.807) is 18.3 Å². The lowest BCUT2D eigenvalue weighted by atomic mass is 9.57. The number of nitrogens with zero attached hydrogens (tertiary/aromatic N) is 7. The van der Waals surface area contributed by atoms with Gasteiger partial charge in [0.05, 0.1) is 12.2 Å². The van der Waals surface area contributed by atoms with Crippen molar-refractivity contribution in [2.75, 3.05) is 18.0 Å². The Morgan fingerprint density at radius 2 is 1.81 bits per heavy atom. The van der Waals surface area contributed by atoms with Crippen LogP contribution in [0.4, 0.5) is 19.1 Å². The second-order valence-corrected chi connectivity index (χ2v) is 11.4. The van der Waals surface area contributed by atoms with Gasteiger partial charge in [-0.15, -0.1) is 10.2 Å². The number of fused-ring (bicyclic) bond motifs is 3. The molecule has 11 heteroatoms. The highest BCUT2D eigenvalue weighted by molar-refractivity contribution is 6.30. The number of anilines is 1. The molecule has 0 N–H and O–H groups in total. The summed E-state index contributed by atoms with van der Waals surface area (Å²) in [5, 5.41) is 9.39. The fourth-order valence-corrected chi connectivity index (χ4v) is 5.98. The van der Waals surface area contributed by atoms with Crippen molar-refractivity contribution in [3.8, 4) is 5.69 Å². The molecule has 2 aliphatic heterocycles. The van der Waals surface area contributed by atoms with Crippen LogP contribution < -0.4 is 4.90 Å². The maximum absolute atomic E-state index is 14.0. The molecule has 1 aromatic carbocycles. The molecule has 7 nitrogen and oxygen atoms in total. The monoisotopic (exact) mass is 517 g/mol. The largest absolute Gasteiger partial charge is 0.406 e. The topological polar surface area (TPSA) is 63.0 Å². The minimum atomic E-state index is -4.40. The minimum Gasteiger partial charge on any atom is -0.340 e. The predicted molar refractivity (Wildman–Crippen MR) is 129 cm³/mol. The lowest BCUT2D eigenvalue weighted by molar-refractivity contribution is -0.224. The summed E-state index contributed by atoms with van der Waals surface area (Å²) in [6.07, 6.45) is -0.714. The van der Waals surface area contributed by atoms with Gasteiger partial charge in [-0.3, -0.25) is 9.47 Å². The Labute approximate surface area is 212 Å². The summed E-state index contributed by atoms with van der Waals surface area (Å²) in [5.74, 6) is 2.29. The number of aromatic nitrogens is 5. The third-order valence-electron chi connectivity index (χ3n) is 8.06. The van der Waals surface area contributed by atoms with Gasteiger partial charge < -0.3 is 4.90 Å². The summed E-state index contributed by atoms with van der Waals surface area (Å²) >= 11 is 6.27. The van der Waals surface area contributed by atoms with Crippen LogP contribution in [0.3, 0.4) is 0 Å². The molecule has 3 aromatic rings. The van der Waals surface area contributed by atoms with Crippen LogP contribution in [0.15, 0.2) is 30.5 Å². The molecule has 0 radical (unpaired) electrons. The third-order valence-corrected chi connectivity index (χ3v) is 8.29. The highest BCUT2D eigenvalue weighted by Crippen LogP contribution is 2.56. The van der Waals surface area contributed by atoms with E-state index in [0.29, 0.717) is 10.8 Å². The van der Waals surface area contributed by atoms with Crippen molar-refractivity contribution in [2.45, 2.75) is 64.3 Å². The molecule has 0 amide bonds. The first-order valence-corrected chi connectivity index (χ1v) is 12.4. The summed E-state index contributed by atoms with van der Waals surface area (Å²) in [4.78, 5) is 12.5. The van der Waals surface area contributed by atoms with E-state index in [2.05, 4.69) is 25.1 Å². The molecular weight excluding hydrogens is 491 g/mol. The number of alkyl halides is 3. The maximum Gasteiger partial charge on any atom is 0.406 e. The standard InChI is InChI=1S/C25H27ClF3N7/c1-15-6-7-30-22(31-15)34-13-24(14-34)9-17(10-24)21-33-32-20-12-35(23(2,3)25(27,28)29)11-16-8-18(26)4-5-19(16)36(20)21/h4-8,17H,9-14H2,1-3H3. The summed E-state index contributed by atoms with van der Waals surface area (Å²) in [6.45, 7) is 6.33. The Morgan fingerprint density at radius 1 is 1.06 bits per heavy atom. The maximum atomic E-state index is 14.0. The van der Waals surface area contributed by atoms with Gasteiger partial charge in [0.1, 0.15) is 11.4 Å². The molecule has 36 heavy (non-hydrogen) atoms. The van der Waals surface area contributed by atoms with Gasteiger partial charge in [0.25, 0.3) is 0 Å². The van der Waals surface area contributed by atoms with Gasteiger partial charge in [0.2, 0.25) is 5.95 Å². The number of halogens is 4. The molecule has 2 aromatic heterocycles. The van der Waals surface area contributed by atoms with Crippen molar-refractivity contribution in [3.05, 3.63) is 58.4 Å². The van der Waals surface area contributed by atoms with E-state index in [1.807, 2.05) is 23.6 Å². The lowest BCUT2D eigenvalue weighted by Gasteiger charge is -2.58. The van der Waals surface area contributed by atoms with Crippen molar-refractivity contribution >= 4 is 17.5 Å². The van der Waals surface area contributed by atoms with Crippen molar-refractivity contribution in [1.82, 2.24) is 29.6 Å². The average molecular weight is 518 g/mol. The fourth-order valence-electron chi connectivity index (χ4n) is 5.78. The first kappa shape index (κ1) is 23.7. The van der Waals surface area contributed by atoms with E-state index >= 15 is 0 Å². The molecular formula is C25H27ClF3N7. The van der Waals surface area contributed by atoms with E-state index in [0.717, 1.165) is 54.6 Å². The molecule has 1 saturated heterocycles. The molecule has 1 saturated carbocycles. The molecule has 0 bridgehead atoms. The van der Waals surface area contributed by atoms with Crippen molar-refractivity contribution in [2.24, 2.45) is 5.41 Å². The van der Waals surface area contributed by atoms with Gasteiger partial charge in [-0.25, -0.2) is 9.97 Å². The van der Waals surface area contributed by atoms with E-state index < -0.39 is 11.7 Å². The Bertz CT molecular complexity index is 1320. The lowest BCUT2D eigenvalue weighted by Crippen LogP contribution is -2.62. The van der Waals surface area contributed by atoms with Crippen LogP contribution >= 0.6 is 11.6 Å². The SMILES string of the molecule is Cc1ccnc(N2CC3(CC(c4nnc5n4-c4ccc(Cl)cc4CN(C(C)(C)C(F)(F)F)C5)C3)C2)n1. The summed E-state index contributed by atoms with van der Waals surface area (Å²) in [5.41, 5.74) is 0.642. The quantitative estimate of drug-likeness (QED) is 0.484. The molecule has 4 heterocycles. The highest BCUT2D eigenvalue weighted by atomic mass is 35.5. The van der Waals surface area contributed by atoms with Gasteiger partial charge in [0, 0.05) is 47.9 Å².